The third-order valence-corrected chi connectivity index (χ3v) is 4.37. The molecule has 0 saturated carbocycles. The Morgan fingerprint density at radius 3 is 2.68 bits per heavy atom. The summed E-state index contributed by atoms with van der Waals surface area (Å²) in [5.41, 5.74) is 4.51. The van der Waals surface area contributed by atoms with E-state index in [2.05, 4.69) is 63.2 Å². The minimum atomic E-state index is 0.277. The molecule has 19 heavy (non-hydrogen) atoms. The summed E-state index contributed by atoms with van der Waals surface area (Å²) in [6.07, 6.45) is 2.49. The molecule has 1 heterocycles. The molecular formula is C17H28N2. The molecule has 1 aromatic rings. The molecule has 0 spiro atoms. The first-order valence-corrected chi connectivity index (χ1v) is 7.39. The molecule has 2 rings (SSSR count). The summed E-state index contributed by atoms with van der Waals surface area (Å²) >= 11 is 0. The molecule has 1 unspecified atom stereocenters. The van der Waals surface area contributed by atoms with Crippen molar-refractivity contribution in [1.82, 2.24) is 10.2 Å². The maximum Gasteiger partial charge on any atom is 0.0236 e. The zero-order valence-electron chi connectivity index (χ0n) is 13.1. The number of rotatable bonds is 3. The van der Waals surface area contributed by atoms with Gasteiger partial charge >= 0.3 is 0 Å². The summed E-state index contributed by atoms with van der Waals surface area (Å²) in [6.45, 7) is 11.2. The zero-order valence-corrected chi connectivity index (χ0v) is 13.1. The van der Waals surface area contributed by atoms with Crippen LogP contribution in [0, 0.1) is 13.8 Å². The minimum absolute atomic E-state index is 0.277. The van der Waals surface area contributed by atoms with Crippen molar-refractivity contribution in [3.63, 3.8) is 0 Å². The highest BCUT2D eigenvalue weighted by Gasteiger charge is 2.29. The Kier molecular flexibility index (Phi) is 4.32. The molecule has 1 atom stereocenters. The summed E-state index contributed by atoms with van der Waals surface area (Å²) in [4.78, 5) is 2.53. The van der Waals surface area contributed by atoms with Crippen LogP contribution in [0.15, 0.2) is 18.2 Å². The molecule has 2 heteroatoms. The molecule has 0 bridgehead atoms. The van der Waals surface area contributed by atoms with Gasteiger partial charge in [-0.2, -0.15) is 0 Å². The maximum absolute atomic E-state index is 3.60. The van der Waals surface area contributed by atoms with Crippen molar-refractivity contribution in [3.05, 3.63) is 34.9 Å². The van der Waals surface area contributed by atoms with Gasteiger partial charge in [0, 0.05) is 18.1 Å². The van der Waals surface area contributed by atoms with E-state index in [1.54, 1.807) is 0 Å². The highest BCUT2D eigenvalue weighted by atomic mass is 15.1. The average Bonchev–Trinajstić information content (AvgIpc) is 2.31. The third kappa shape index (κ3) is 3.80. The Morgan fingerprint density at radius 1 is 1.32 bits per heavy atom. The number of nitrogens with zero attached hydrogens (tertiary/aromatic N) is 1. The summed E-state index contributed by atoms with van der Waals surface area (Å²) < 4.78 is 0. The zero-order chi connectivity index (χ0) is 14.0. The SMILES string of the molecule is Cc1ccc(CN(C)C2CCNC(C)(C)C2)c(C)c1. The summed E-state index contributed by atoms with van der Waals surface area (Å²) in [7, 11) is 2.27. The van der Waals surface area contributed by atoms with Crippen molar-refractivity contribution in [2.45, 2.75) is 58.7 Å². The van der Waals surface area contributed by atoms with Gasteiger partial charge in [-0.25, -0.2) is 0 Å². The molecule has 1 N–H and O–H groups in total. The van der Waals surface area contributed by atoms with Crippen molar-refractivity contribution in [2.75, 3.05) is 13.6 Å². The largest absolute Gasteiger partial charge is 0.312 e. The normalized spacial score (nSPS) is 22.7. The molecule has 0 aliphatic carbocycles. The van der Waals surface area contributed by atoms with Gasteiger partial charge in [0.1, 0.15) is 0 Å². The van der Waals surface area contributed by atoms with Gasteiger partial charge < -0.3 is 5.32 Å². The quantitative estimate of drug-likeness (QED) is 0.897. The van der Waals surface area contributed by atoms with E-state index in [0.29, 0.717) is 6.04 Å². The first kappa shape index (κ1) is 14.5. The number of nitrogens with one attached hydrogen (secondary N) is 1. The standard InChI is InChI=1S/C17H28N2/c1-13-6-7-15(14(2)10-13)12-19(5)16-8-9-18-17(3,4)11-16/h6-7,10,16,18H,8-9,11-12H2,1-5H3. The molecule has 1 aliphatic rings. The average molecular weight is 260 g/mol. The van der Waals surface area contributed by atoms with E-state index in [1.165, 1.54) is 29.5 Å². The third-order valence-electron chi connectivity index (χ3n) is 4.37. The molecule has 1 aliphatic heterocycles. The van der Waals surface area contributed by atoms with Gasteiger partial charge in [-0.3, -0.25) is 4.90 Å². The van der Waals surface area contributed by atoms with E-state index in [9.17, 15) is 0 Å². The van der Waals surface area contributed by atoms with E-state index >= 15 is 0 Å². The fourth-order valence-corrected chi connectivity index (χ4v) is 3.14. The number of aryl methyl sites for hydroxylation is 2. The van der Waals surface area contributed by atoms with Gasteiger partial charge in [0.05, 0.1) is 0 Å². The van der Waals surface area contributed by atoms with Crippen LogP contribution in [-0.2, 0) is 6.54 Å². The Morgan fingerprint density at radius 2 is 2.05 bits per heavy atom. The van der Waals surface area contributed by atoms with E-state index in [-0.39, 0.29) is 5.54 Å². The fourth-order valence-electron chi connectivity index (χ4n) is 3.14. The predicted molar refractivity (Wildman–Crippen MR) is 82.5 cm³/mol. The Labute approximate surface area is 118 Å². The fraction of sp³-hybridized carbons (Fsp3) is 0.647. The summed E-state index contributed by atoms with van der Waals surface area (Å²) in [5, 5.41) is 3.60. The van der Waals surface area contributed by atoms with Crippen molar-refractivity contribution in [3.8, 4) is 0 Å². The number of hydrogen-bond donors (Lipinski definition) is 1. The first-order chi connectivity index (χ1) is 8.87. The van der Waals surface area contributed by atoms with Crippen molar-refractivity contribution < 1.29 is 0 Å². The van der Waals surface area contributed by atoms with Gasteiger partial charge in [0.2, 0.25) is 0 Å². The lowest BCUT2D eigenvalue weighted by Crippen LogP contribution is -2.52. The Balaban J connectivity index is 2.02. The minimum Gasteiger partial charge on any atom is -0.312 e. The van der Waals surface area contributed by atoms with Crippen LogP contribution in [0.25, 0.3) is 0 Å². The maximum atomic E-state index is 3.60. The highest BCUT2D eigenvalue weighted by molar-refractivity contribution is 5.30. The van der Waals surface area contributed by atoms with E-state index in [4.69, 9.17) is 0 Å². The number of hydrogen-bond acceptors (Lipinski definition) is 2. The van der Waals surface area contributed by atoms with Crippen LogP contribution in [0.5, 0.6) is 0 Å². The second-order valence-corrected chi connectivity index (χ2v) is 6.80. The van der Waals surface area contributed by atoms with Crippen molar-refractivity contribution in [2.24, 2.45) is 0 Å². The lowest BCUT2D eigenvalue weighted by molar-refractivity contribution is 0.138. The molecule has 2 nitrogen and oxygen atoms in total. The smallest absolute Gasteiger partial charge is 0.0236 e. The van der Waals surface area contributed by atoms with Crippen molar-refractivity contribution >= 4 is 0 Å². The summed E-state index contributed by atoms with van der Waals surface area (Å²) in [5.74, 6) is 0. The van der Waals surface area contributed by atoms with Crippen LogP contribution in [-0.4, -0.2) is 30.1 Å². The predicted octanol–water partition coefficient (Wildman–Crippen LogP) is 3.27. The second kappa shape index (κ2) is 5.64. The molecule has 1 fully saturated rings. The lowest BCUT2D eigenvalue weighted by atomic mass is 9.88. The molecular weight excluding hydrogens is 232 g/mol. The van der Waals surface area contributed by atoms with Crippen LogP contribution in [0.2, 0.25) is 0 Å². The van der Waals surface area contributed by atoms with Crippen LogP contribution in [0.1, 0.15) is 43.4 Å². The molecule has 1 saturated heterocycles. The van der Waals surface area contributed by atoms with Gasteiger partial charge in [-0.05, 0) is 65.3 Å². The highest BCUT2D eigenvalue weighted by Crippen LogP contribution is 2.24. The van der Waals surface area contributed by atoms with E-state index in [0.717, 1.165) is 13.1 Å². The summed E-state index contributed by atoms with van der Waals surface area (Å²) in [6, 6.07) is 7.49. The van der Waals surface area contributed by atoms with Crippen LogP contribution >= 0.6 is 0 Å². The van der Waals surface area contributed by atoms with E-state index < -0.39 is 0 Å². The van der Waals surface area contributed by atoms with Crippen molar-refractivity contribution in [1.29, 1.82) is 0 Å². The number of piperidine rings is 1. The van der Waals surface area contributed by atoms with Gasteiger partial charge in [0.25, 0.3) is 0 Å². The van der Waals surface area contributed by atoms with E-state index in [1.807, 2.05) is 0 Å². The van der Waals surface area contributed by atoms with Gasteiger partial charge in [0.15, 0.2) is 0 Å². The lowest BCUT2D eigenvalue weighted by Gasteiger charge is -2.40. The van der Waals surface area contributed by atoms with Gasteiger partial charge in [-0.15, -0.1) is 0 Å². The Bertz CT molecular complexity index is 437. The molecule has 1 aromatic carbocycles. The molecule has 0 radical (unpaired) electrons. The first-order valence-electron chi connectivity index (χ1n) is 7.39. The van der Waals surface area contributed by atoms with Crippen LogP contribution < -0.4 is 5.32 Å². The number of benzene rings is 1. The monoisotopic (exact) mass is 260 g/mol. The Hall–Kier alpha value is -0.860. The topological polar surface area (TPSA) is 15.3 Å². The molecule has 0 amide bonds. The molecule has 0 aromatic heterocycles. The second-order valence-electron chi connectivity index (χ2n) is 6.80. The van der Waals surface area contributed by atoms with Gasteiger partial charge in [-0.1, -0.05) is 23.8 Å². The molecule has 106 valence electrons. The van der Waals surface area contributed by atoms with Crippen LogP contribution in [0.3, 0.4) is 0 Å². The van der Waals surface area contributed by atoms with Crippen LogP contribution in [0.4, 0.5) is 0 Å².